The molecule has 1 atom stereocenters. The molecule has 1 heterocycles. The number of carbonyl (C=O) groups excluding carboxylic acids is 2. The van der Waals surface area contributed by atoms with Gasteiger partial charge in [0.25, 0.3) is 0 Å². The predicted octanol–water partition coefficient (Wildman–Crippen LogP) is 0.952. The molecule has 1 aliphatic heterocycles. The molecule has 0 aromatic heterocycles. The highest BCUT2D eigenvalue weighted by atomic mass is 16.2. The number of nitrogens with two attached hydrogens (primary N) is 1. The molecule has 0 radical (unpaired) electrons. The normalized spacial score (nSPS) is 18.7. The average molecular weight is 261 g/mol. The van der Waals surface area contributed by atoms with E-state index in [9.17, 15) is 9.59 Å². The van der Waals surface area contributed by atoms with Crippen molar-refractivity contribution in [1.29, 1.82) is 0 Å². The first-order valence-corrected chi connectivity index (χ1v) is 6.43. The van der Waals surface area contributed by atoms with Crippen molar-refractivity contribution < 1.29 is 9.59 Å². The van der Waals surface area contributed by atoms with E-state index < -0.39 is 0 Å². The third kappa shape index (κ3) is 3.54. The molecule has 1 aromatic carbocycles. The topological polar surface area (TPSA) is 75.4 Å². The lowest BCUT2D eigenvalue weighted by molar-refractivity contribution is -0.128. The summed E-state index contributed by atoms with van der Waals surface area (Å²) in [4.78, 5) is 24.5. The number of nitrogens with one attached hydrogen (secondary N) is 1. The molecule has 1 saturated heterocycles. The summed E-state index contributed by atoms with van der Waals surface area (Å²) in [5.41, 5.74) is 7.42. The first-order valence-electron chi connectivity index (χ1n) is 6.43. The number of carbonyl (C=O) groups is 2. The highest BCUT2D eigenvalue weighted by Gasteiger charge is 2.28. The van der Waals surface area contributed by atoms with Gasteiger partial charge in [-0.1, -0.05) is 12.1 Å². The Hall–Kier alpha value is -1.88. The third-order valence-electron chi connectivity index (χ3n) is 3.28. The fourth-order valence-corrected chi connectivity index (χ4v) is 2.28. The fourth-order valence-electron chi connectivity index (χ4n) is 2.28. The van der Waals surface area contributed by atoms with Crippen LogP contribution in [-0.2, 0) is 16.1 Å². The summed E-state index contributed by atoms with van der Waals surface area (Å²) in [6, 6.07) is 7.54. The largest absolute Gasteiger partial charge is 0.338 e. The second-order valence-electron chi connectivity index (χ2n) is 4.96. The minimum atomic E-state index is -0.0896. The summed E-state index contributed by atoms with van der Waals surface area (Å²) in [5, 5.41) is 2.71. The second-order valence-corrected chi connectivity index (χ2v) is 4.96. The Bertz CT molecular complexity index is 470. The van der Waals surface area contributed by atoms with Gasteiger partial charge in [0.1, 0.15) is 0 Å². The minimum absolute atomic E-state index is 0.0896. The molecule has 102 valence electrons. The quantitative estimate of drug-likeness (QED) is 0.847. The zero-order chi connectivity index (χ0) is 13.8. The third-order valence-corrected chi connectivity index (χ3v) is 3.28. The summed E-state index contributed by atoms with van der Waals surface area (Å²) >= 11 is 0. The van der Waals surface area contributed by atoms with Crippen LogP contribution in [-0.4, -0.2) is 29.8 Å². The van der Waals surface area contributed by atoms with Gasteiger partial charge >= 0.3 is 0 Å². The molecule has 3 N–H and O–H groups in total. The van der Waals surface area contributed by atoms with Crippen LogP contribution in [0.4, 0.5) is 5.69 Å². The van der Waals surface area contributed by atoms with Gasteiger partial charge in [-0.05, 0) is 30.2 Å². The van der Waals surface area contributed by atoms with Gasteiger partial charge in [-0.15, -0.1) is 0 Å². The molecule has 0 spiro atoms. The van der Waals surface area contributed by atoms with Crippen molar-refractivity contribution in [3.63, 3.8) is 0 Å². The minimum Gasteiger partial charge on any atom is -0.338 e. The molecule has 2 amide bonds. The number of amides is 2. The molecule has 1 fully saturated rings. The van der Waals surface area contributed by atoms with Gasteiger partial charge in [0.2, 0.25) is 11.8 Å². The van der Waals surface area contributed by atoms with E-state index in [1.165, 1.54) is 6.92 Å². The van der Waals surface area contributed by atoms with Gasteiger partial charge < -0.3 is 16.0 Å². The molecule has 1 aromatic rings. The maximum Gasteiger partial charge on any atom is 0.223 e. The number of rotatable bonds is 4. The van der Waals surface area contributed by atoms with Gasteiger partial charge in [-0.2, -0.15) is 0 Å². The standard InChI is InChI=1S/C14H19N3O2/c1-10(18)16-13-4-2-11(3-5-13)8-17-9-12(7-15)6-14(17)19/h2-5,12H,6-9,15H2,1H3,(H,16,18). The first kappa shape index (κ1) is 13.5. The first-order chi connectivity index (χ1) is 9.08. The number of hydrogen-bond acceptors (Lipinski definition) is 3. The van der Waals surface area contributed by atoms with Crippen LogP contribution in [0.1, 0.15) is 18.9 Å². The molecule has 1 aliphatic rings. The SMILES string of the molecule is CC(=O)Nc1ccc(CN2CC(CN)CC2=O)cc1. The predicted molar refractivity (Wildman–Crippen MR) is 73.3 cm³/mol. The van der Waals surface area contributed by atoms with E-state index in [0.29, 0.717) is 19.5 Å². The Morgan fingerprint density at radius 1 is 1.42 bits per heavy atom. The highest BCUT2D eigenvalue weighted by molar-refractivity contribution is 5.88. The number of anilines is 1. The smallest absolute Gasteiger partial charge is 0.223 e. The Balaban J connectivity index is 1.96. The molecule has 1 unspecified atom stereocenters. The lowest BCUT2D eigenvalue weighted by atomic mass is 10.1. The van der Waals surface area contributed by atoms with Gasteiger partial charge in [0.15, 0.2) is 0 Å². The van der Waals surface area contributed by atoms with E-state index in [-0.39, 0.29) is 17.7 Å². The number of nitrogens with zero attached hydrogens (tertiary/aromatic N) is 1. The molecule has 5 nitrogen and oxygen atoms in total. The summed E-state index contributed by atoms with van der Waals surface area (Å²) in [6.45, 7) is 3.38. The van der Waals surface area contributed by atoms with Gasteiger partial charge in [0, 0.05) is 32.1 Å². The van der Waals surface area contributed by atoms with Crippen LogP contribution in [0.2, 0.25) is 0 Å². The molecule has 0 bridgehead atoms. The zero-order valence-electron chi connectivity index (χ0n) is 11.1. The molecular weight excluding hydrogens is 242 g/mol. The number of hydrogen-bond donors (Lipinski definition) is 2. The van der Waals surface area contributed by atoms with Crippen molar-refractivity contribution in [1.82, 2.24) is 4.90 Å². The maximum atomic E-state index is 11.8. The van der Waals surface area contributed by atoms with Crippen LogP contribution >= 0.6 is 0 Å². The van der Waals surface area contributed by atoms with E-state index in [0.717, 1.165) is 17.8 Å². The van der Waals surface area contributed by atoms with Crippen LogP contribution in [0, 0.1) is 5.92 Å². The van der Waals surface area contributed by atoms with Crippen LogP contribution in [0.5, 0.6) is 0 Å². The lowest BCUT2D eigenvalue weighted by Crippen LogP contribution is -2.25. The molecule has 0 aliphatic carbocycles. The molecule has 19 heavy (non-hydrogen) atoms. The Kier molecular flexibility index (Phi) is 4.16. The van der Waals surface area contributed by atoms with Crippen LogP contribution in [0.15, 0.2) is 24.3 Å². The molecule has 2 rings (SSSR count). The maximum absolute atomic E-state index is 11.8. The lowest BCUT2D eigenvalue weighted by Gasteiger charge is -2.16. The average Bonchev–Trinajstić information content (AvgIpc) is 2.72. The Morgan fingerprint density at radius 2 is 2.11 bits per heavy atom. The molecular formula is C14H19N3O2. The van der Waals surface area contributed by atoms with E-state index in [4.69, 9.17) is 5.73 Å². The number of benzene rings is 1. The summed E-state index contributed by atoms with van der Waals surface area (Å²) < 4.78 is 0. The Morgan fingerprint density at radius 3 is 2.63 bits per heavy atom. The van der Waals surface area contributed by atoms with E-state index in [1.54, 1.807) is 0 Å². The summed E-state index contributed by atoms with van der Waals surface area (Å²) in [7, 11) is 0. The second kappa shape index (κ2) is 5.84. The number of likely N-dealkylation sites (tertiary alicyclic amines) is 1. The fraction of sp³-hybridized carbons (Fsp3) is 0.429. The van der Waals surface area contributed by atoms with Crippen molar-refractivity contribution in [3.05, 3.63) is 29.8 Å². The van der Waals surface area contributed by atoms with Gasteiger partial charge in [-0.25, -0.2) is 0 Å². The van der Waals surface area contributed by atoms with E-state index >= 15 is 0 Å². The van der Waals surface area contributed by atoms with Crippen LogP contribution < -0.4 is 11.1 Å². The van der Waals surface area contributed by atoms with Crippen LogP contribution in [0.3, 0.4) is 0 Å². The van der Waals surface area contributed by atoms with Gasteiger partial charge in [-0.3, -0.25) is 9.59 Å². The van der Waals surface area contributed by atoms with Crippen molar-refractivity contribution in [2.45, 2.75) is 19.9 Å². The summed E-state index contributed by atoms with van der Waals surface area (Å²) in [6.07, 6.45) is 0.556. The van der Waals surface area contributed by atoms with E-state index in [2.05, 4.69) is 5.32 Å². The molecule has 5 heteroatoms. The van der Waals surface area contributed by atoms with Gasteiger partial charge in [0.05, 0.1) is 0 Å². The van der Waals surface area contributed by atoms with E-state index in [1.807, 2.05) is 29.2 Å². The highest BCUT2D eigenvalue weighted by Crippen LogP contribution is 2.20. The Labute approximate surface area is 112 Å². The van der Waals surface area contributed by atoms with Crippen LogP contribution in [0.25, 0.3) is 0 Å². The zero-order valence-corrected chi connectivity index (χ0v) is 11.1. The van der Waals surface area contributed by atoms with Crippen molar-refractivity contribution in [2.24, 2.45) is 11.7 Å². The van der Waals surface area contributed by atoms with Crippen molar-refractivity contribution in [3.8, 4) is 0 Å². The van der Waals surface area contributed by atoms with Crippen molar-refractivity contribution in [2.75, 3.05) is 18.4 Å². The monoisotopic (exact) mass is 261 g/mol. The molecule has 0 saturated carbocycles. The van der Waals surface area contributed by atoms with Crippen molar-refractivity contribution >= 4 is 17.5 Å². The summed E-state index contributed by atoms with van der Waals surface area (Å²) in [5.74, 6) is 0.362.